The van der Waals surface area contributed by atoms with Crippen molar-refractivity contribution in [1.82, 2.24) is 34.2 Å². The molecule has 2 aliphatic heterocycles. The SMILES string of the molecule is CC(C)n1ncnc1C1CN2CCOc3cc(NCC(O)c4nccn4C)ncc3C2=N1. The number of hydrogen-bond acceptors (Lipinski definition) is 9. The quantitative estimate of drug-likeness (QED) is 0.593. The van der Waals surface area contributed by atoms with E-state index >= 15 is 0 Å². The molecule has 0 bridgehead atoms. The average Bonchev–Trinajstić information content (AvgIpc) is 3.50. The zero-order valence-electron chi connectivity index (χ0n) is 18.4. The van der Waals surface area contributed by atoms with Crippen LogP contribution in [0.25, 0.3) is 0 Å². The summed E-state index contributed by atoms with van der Waals surface area (Å²) in [6.45, 7) is 6.49. The molecule has 0 fully saturated rings. The van der Waals surface area contributed by atoms with Crippen LogP contribution in [0.1, 0.15) is 49.2 Å². The molecular weight excluding hydrogens is 410 g/mol. The first-order valence-electron chi connectivity index (χ1n) is 10.8. The first-order chi connectivity index (χ1) is 15.5. The highest BCUT2D eigenvalue weighted by Gasteiger charge is 2.33. The second kappa shape index (κ2) is 8.23. The number of nitrogens with zero attached hydrogens (tertiary/aromatic N) is 8. The Bertz CT molecular complexity index is 1140. The maximum Gasteiger partial charge on any atom is 0.153 e. The highest BCUT2D eigenvalue weighted by molar-refractivity contribution is 6.02. The average molecular weight is 438 g/mol. The van der Waals surface area contributed by atoms with Gasteiger partial charge in [0, 0.05) is 50.8 Å². The Morgan fingerprint density at radius 2 is 2.16 bits per heavy atom. The molecule has 2 aliphatic rings. The summed E-state index contributed by atoms with van der Waals surface area (Å²) in [5, 5.41) is 17.9. The number of aliphatic hydroxyl groups is 1. The Kier molecular flexibility index (Phi) is 5.25. The zero-order valence-corrected chi connectivity index (χ0v) is 18.4. The number of anilines is 1. The summed E-state index contributed by atoms with van der Waals surface area (Å²) >= 11 is 0. The van der Waals surface area contributed by atoms with Gasteiger partial charge in [0.1, 0.15) is 48.3 Å². The van der Waals surface area contributed by atoms with E-state index in [-0.39, 0.29) is 18.6 Å². The number of imidazole rings is 1. The number of nitrogens with one attached hydrogen (secondary N) is 1. The highest BCUT2D eigenvalue weighted by Crippen LogP contribution is 2.33. The Labute approximate surface area is 185 Å². The molecule has 0 radical (unpaired) electrons. The monoisotopic (exact) mass is 437 g/mol. The third-order valence-corrected chi connectivity index (χ3v) is 5.72. The van der Waals surface area contributed by atoms with Crippen molar-refractivity contribution >= 4 is 11.7 Å². The van der Waals surface area contributed by atoms with Crippen LogP contribution < -0.4 is 10.1 Å². The van der Waals surface area contributed by atoms with Crippen molar-refractivity contribution in [3.8, 4) is 5.75 Å². The fourth-order valence-electron chi connectivity index (χ4n) is 4.11. The lowest BCUT2D eigenvalue weighted by molar-refractivity contribution is 0.178. The molecule has 11 nitrogen and oxygen atoms in total. The van der Waals surface area contributed by atoms with E-state index in [0.29, 0.717) is 18.2 Å². The standard InChI is InChI=1S/C21H27N9O2/c1-13(2)30-20(25-12-26-30)15-11-29-6-7-32-17-8-18(23-9-14(17)19(29)27-15)24-10-16(31)21-22-4-5-28(21)3/h4-5,8-9,12-13,15-16,31H,6-7,10-11H2,1-3H3,(H,23,24). The highest BCUT2D eigenvalue weighted by atomic mass is 16.5. The van der Waals surface area contributed by atoms with Crippen LogP contribution in [0, 0.1) is 0 Å². The molecule has 0 aromatic carbocycles. The molecule has 5 rings (SSSR count). The summed E-state index contributed by atoms with van der Waals surface area (Å²) in [6, 6.07) is 2.00. The number of rotatable bonds is 6. The first kappa shape index (κ1) is 20.4. The number of aliphatic imine (C=N–C) groups is 1. The van der Waals surface area contributed by atoms with Crippen molar-refractivity contribution in [3.05, 3.63) is 48.2 Å². The molecule has 11 heteroatoms. The maximum atomic E-state index is 10.4. The van der Waals surface area contributed by atoms with E-state index in [4.69, 9.17) is 9.73 Å². The third kappa shape index (κ3) is 3.68. The lowest BCUT2D eigenvalue weighted by atomic mass is 10.2. The Morgan fingerprint density at radius 3 is 2.94 bits per heavy atom. The van der Waals surface area contributed by atoms with Gasteiger partial charge in [-0.1, -0.05) is 0 Å². The van der Waals surface area contributed by atoms with Crippen LogP contribution in [-0.4, -0.2) is 71.4 Å². The van der Waals surface area contributed by atoms with Crippen molar-refractivity contribution in [2.24, 2.45) is 12.0 Å². The van der Waals surface area contributed by atoms with E-state index in [1.807, 2.05) is 17.8 Å². The molecular formula is C21H27N9O2. The summed E-state index contributed by atoms with van der Waals surface area (Å²) in [6.07, 6.45) is 6.09. The van der Waals surface area contributed by atoms with Crippen LogP contribution in [0.2, 0.25) is 0 Å². The predicted octanol–water partition coefficient (Wildman–Crippen LogP) is 1.33. The number of pyridine rings is 1. The summed E-state index contributed by atoms with van der Waals surface area (Å²) in [4.78, 5) is 20.4. The first-order valence-corrected chi connectivity index (χ1v) is 10.8. The van der Waals surface area contributed by atoms with Crippen LogP contribution >= 0.6 is 0 Å². The van der Waals surface area contributed by atoms with Crippen LogP contribution in [0.15, 0.2) is 36.0 Å². The van der Waals surface area contributed by atoms with E-state index < -0.39 is 6.10 Å². The fourth-order valence-corrected chi connectivity index (χ4v) is 4.11. The Balaban J connectivity index is 1.36. The summed E-state index contributed by atoms with van der Waals surface area (Å²) in [7, 11) is 1.85. The number of ether oxygens (including phenoxy) is 1. The molecule has 0 amide bonds. The van der Waals surface area contributed by atoms with Gasteiger partial charge in [0.15, 0.2) is 5.82 Å². The van der Waals surface area contributed by atoms with E-state index in [9.17, 15) is 5.11 Å². The van der Waals surface area contributed by atoms with Crippen LogP contribution in [0.5, 0.6) is 5.75 Å². The van der Waals surface area contributed by atoms with Gasteiger partial charge in [-0.3, -0.25) is 4.99 Å². The van der Waals surface area contributed by atoms with E-state index in [0.717, 1.165) is 36.1 Å². The van der Waals surface area contributed by atoms with E-state index in [2.05, 4.69) is 44.1 Å². The number of aryl methyl sites for hydroxylation is 1. The number of aromatic nitrogens is 6. The molecule has 5 heterocycles. The molecule has 0 spiro atoms. The van der Waals surface area contributed by atoms with Crippen molar-refractivity contribution in [2.45, 2.75) is 32.0 Å². The minimum absolute atomic E-state index is 0.0772. The maximum absolute atomic E-state index is 10.4. The molecule has 3 aromatic rings. The van der Waals surface area contributed by atoms with Crippen molar-refractivity contribution in [3.63, 3.8) is 0 Å². The van der Waals surface area contributed by atoms with Crippen molar-refractivity contribution in [2.75, 3.05) is 31.6 Å². The summed E-state index contributed by atoms with van der Waals surface area (Å²) in [5.41, 5.74) is 0.857. The van der Waals surface area contributed by atoms with Gasteiger partial charge in [-0.25, -0.2) is 19.6 Å². The minimum atomic E-state index is -0.745. The van der Waals surface area contributed by atoms with E-state index in [1.165, 1.54) is 0 Å². The normalized spacial score (nSPS) is 18.6. The molecule has 0 saturated carbocycles. The Morgan fingerprint density at radius 1 is 1.28 bits per heavy atom. The summed E-state index contributed by atoms with van der Waals surface area (Å²) < 4.78 is 9.72. The largest absolute Gasteiger partial charge is 0.491 e. The van der Waals surface area contributed by atoms with Gasteiger partial charge in [0.05, 0.1) is 12.1 Å². The van der Waals surface area contributed by atoms with Gasteiger partial charge in [0.2, 0.25) is 0 Å². The van der Waals surface area contributed by atoms with Crippen LogP contribution in [0.4, 0.5) is 5.82 Å². The third-order valence-electron chi connectivity index (χ3n) is 5.72. The number of hydrogen-bond donors (Lipinski definition) is 2. The number of fused-ring (bicyclic) bond motifs is 3. The molecule has 0 saturated heterocycles. The molecule has 32 heavy (non-hydrogen) atoms. The lowest BCUT2D eigenvalue weighted by Crippen LogP contribution is -2.30. The molecule has 2 atom stereocenters. The van der Waals surface area contributed by atoms with Crippen LogP contribution in [-0.2, 0) is 7.05 Å². The topological polar surface area (TPSA) is 119 Å². The van der Waals surface area contributed by atoms with Gasteiger partial charge in [0.25, 0.3) is 0 Å². The van der Waals surface area contributed by atoms with Gasteiger partial charge in [-0.05, 0) is 13.8 Å². The molecule has 3 aromatic heterocycles. The van der Waals surface area contributed by atoms with Crippen LogP contribution in [0.3, 0.4) is 0 Å². The predicted molar refractivity (Wildman–Crippen MR) is 118 cm³/mol. The molecule has 2 unspecified atom stereocenters. The minimum Gasteiger partial charge on any atom is -0.491 e. The zero-order chi connectivity index (χ0) is 22.2. The smallest absolute Gasteiger partial charge is 0.153 e. The number of aliphatic hydroxyl groups excluding tert-OH is 1. The van der Waals surface area contributed by atoms with Crippen molar-refractivity contribution < 1.29 is 9.84 Å². The van der Waals surface area contributed by atoms with Gasteiger partial charge >= 0.3 is 0 Å². The van der Waals surface area contributed by atoms with Gasteiger partial charge in [-0.15, -0.1) is 0 Å². The van der Waals surface area contributed by atoms with Crippen molar-refractivity contribution in [1.29, 1.82) is 0 Å². The summed E-state index contributed by atoms with van der Waals surface area (Å²) in [5.74, 6) is 3.69. The van der Waals surface area contributed by atoms with E-state index in [1.54, 1.807) is 29.5 Å². The van der Waals surface area contributed by atoms with Gasteiger partial charge in [-0.2, -0.15) is 5.10 Å². The molecule has 0 aliphatic carbocycles. The fraction of sp³-hybridized carbons (Fsp3) is 0.476. The molecule has 2 N–H and O–H groups in total. The lowest BCUT2D eigenvalue weighted by Gasteiger charge is -2.18. The Hall–Kier alpha value is -3.47. The molecule has 168 valence electrons. The van der Waals surface area contributed by atoms with Gasteiger partial charge < -0.3 is 24.6 Å². The second-order valence-corrected chi connectivity index (χ2v) is 8.28. The second-order valence-electron chi connectivity index (χ2n) is 8.28. The number of amidine groups is 1.